The lowest BCUT2D eigenvalue weighted by molar-refractivity contribution is -0.687. The standard InChI is InChI=1S/C14H13N2/c1-2-5-13(6-3-1)11-15-9-10-16-8-4-7-14(16)12-15/h1-10,12H,11H2/q+1. The molecule has 0 bridgehead atoms. The molecule has 0 atom stereocenters. The molecule has 0 aliphatic heterocycles. The highest BCUT2D eigenvalue weighted by molar-refractivity contribution is 5.42. The summed E-state index contributed by atoms with van der Waals surface area (Å²) in [5, 5.41) is 0. The third-order valence-corrected chi connectivity index (χ3v) is 2.74. The van der Waals surface area contributed by atoms with E-state index in [0.29, 0.717) is 0 Å². The molecule has 1 aromatic carbocycles. The summed E-state index contributed by atoms with van der Waals surface area (Å²) in [6, 6.07) is 14.7. The molecule has 2 heteroatoms. The van der Waals surface area contributed by atoms with Gasteiger partial charge in [0.15, 0.2) is 18.9 Å². The average Bonchev–Trinajstić information content (AvgIpc) is 2.77. The second-order valence-corrected chi connectivity index (χ2v) is 3.93. The summed E-state index contributed by atoms with van der Waals surface area (Å²) in [7, 11) is 0. The molecule has 0 unspecified atom stereocenters. The minimum absolute atomic E-state index is 0.919. The zero-order valence-electron chi connectivity index (χ0n) is 8.95. The molecule has 0 fully saturated rings. The zero-order valence-corrected chi connectivity index (χ0v) is 8.95. The molecule has 0 aliphatic rings. The highest BCUT2D eigenvalue weighted by Crippen LogP contribution is 2.01. The normalized spacial score (nSPS) is 10.8. The number of rotatable bonds is 2. The Balaban J connectivity index is 1.94. The van der Waals surface area contributed by atoms with Gasteiger partial charge in [-0.1, -0.05) is 30.3 Å². The van der Waals surface area contributed by atoms with Gasteiger partial charge in [-0.05, 0) is 12.1 Å². The predicted octanol–water partition coefficient (Wildman–Crippen LogP) is 2.28. The summed E-state index contributed by atoms with van der Waals surface area (Å²) in [4.78, 5) is 0. The minimum atomic E-state index is 0.919. The minimum Gasteiger partial charge on any atom is -0.313 e. The van der Waals surface area contributed by atoms with Gasteiger partial charge in [0, 0.05) is 11.8 Å². The molecule has 3 aromatic rings. The third-order valence-electron chi connectivity index (χ3n) is 2.74. The number of hydrogen-bond acceptors (Lipinski definition) is 0. The van der Waals surface area contributed by atoms with Gasteiger partial charge in [-0.25, -0.2) is 0 Å². The zero-order chi connectivity index (χ0) is 10.8. The first-order chi connectivity index (χ1) is 7.92. The van der Waals surface area contributed by atoms with Crippen LogP contribution in [0.5, 0.6) is 0 Å². The van der Waals surface area contributed by atoms with Gasteiger partial charge in [-0.3, -0.25) is 0 Å². The Morgan fingerprint density at radius 1 is 0.938 bits per heavy atom. The van der Waals surface area contributed by atoms with E-state index in [1.165, 1.54) is 11.1 Å². The SMILES string of the molecule is c1ccc(C[n+]2ccn3cccc3c2)cc1. The van der Waals surface area contributed by atoms with Gasteiger partial charge in [0.1, 0.15) is 5.52 Å². The van der Waals surface area contributed by atoms with Gasteiger partial charge in [-0.2, -0.15) is 4.57 Å². The lowest BCUT2D eigenvalue weighted by Crippen LogP contribution is -2.33. The molecule has 0 radical (unpaired) electrons. The summed E-state index contributed by atoms with van der Waals surface area (Å²) in [5.74, 6) is 0. The summed E-state index contributed by atoms with van der Waals surface area (Å²) in [5.41, 5.74) is 2.54. The number of hydrogen-bond donors (Lipinski definition) is 0. The highest BCUT2D eigenvalue weighted by Gasteiger charge is 2.03. The van der Waals surface area contributed by atoms with Crippen molar-refractivity contribution in [2.75, 3.05) is 0 Å². The van der Waals surface area contributed by atoms with Gasteiger partial charge in [0.05, 0.1) is 6.20 Å². The Labute approximate surface area is 94.4 Å². The molecule has 0 saturated heterocycles. The van der Waals surface area contributed by atoms with Gasteiger partial charge < -0.3 is 4.40 Å². The van der Waals surface area contributed by atoms with Crippen LogP contribution in [-0.4, -0.2) is 4.40 Å². The van der Waals surface area contributed by atoms with Crippen LogP contribution in [0, 0.1) is 0 Å². The van der Waals surface area contributed by atoms with Crippen molar-refractivity contribution in [3.05, 3.63) is 72.8 Å². The number of nitrogens with zero attached hydrogens (tertiary/aromatic N) is 2. The Morgan fingerprint density at radius 2 is 1.81 bits per heavy atom. The average molecular weight is 209 g/mol. The number of fused-ring (bicyclic) bond motifs is 1. The van der Waals surface area contributed by atoms with E-state index in [9.17, 15) is 0 Å². The quantitative estimate of drug-likeness (QED) is 0.572. The van der Waals surface area contributed by atoms with Crippen LogP contribution in [-0.2, 0) is 6.54 Å². The van der Waals surface area contributed by atoms with Crippen LogP contribution in [0.1, 0.15) is 5.56 Å². The fourth-order valence-electron chi connectivity index (χ4n) is 1.91. The van der Waals surface area contributed by atoms with Crippen molar-refractivity contribution in [1.82, 2.24) is 4.40 Å². The number of aromatic nitrogens is 2. The summed E-state index contributed by atoms with van der Waals surface area (Å²) < 4.78 is 4.31. The molecular weight excluding hydrogens is 196 g/mol. The van der Waals surface area contributed by atoms with Crippen molar-refractivity contribution >= 4 is 5.52 Å². The molecule has 0 N–H and O–H groups in total. The Bertz CT molecular complexity index is 596. The maximum absolute atomic E-state index is 2.20. The largest absolute Gasteiger partial charge is 0.313 e. The molecule has 2 heterocycles. The van der Waals surface area contributed by atoms with Gasteiger partial charge in [0.2, 0.25) is 0 Å². The van der Waals surface area contributed by atoms with Crippen LogP contribution < -0.4 is 4.57 Å². The molecule has 3 rings (SSSR count). The lowest BCUT2D eigenvalue weighted by atomic mass is 10.2. The lowest BCUT2D eigenvalue weighted by Gasteiger charge is -1.98. The monoisotopic (exact) mass is 209 g/mol. The molecule has 0 amide bonds. The van der Waals surface area contributed by atoms with E-state index in [2.05, 4.69) is 70.2 Å². The van der Waals surface area contributed by atoms with Crippen molar-refractivity contribution in [2.45, 2.75) is 6.54 Å². The highest BCUT2D eigenvalue weighted by atomic mass is 15.0. The summed E-state index contributed by atoms with van der Waals surface area (Å²) in [6.07, 6.45) is 8.40. The van der Waals surface area contributed by atoms with E-state index in [-0.39, 0.29) is 0 Å². The predicted molar refractivity (Wildman–Crippen MR) is 63.1 cm³/mol. The second-order valence-electron chi connectivity index (χ2n) is 3.93. The number of benzene rings is 1. The van der Waals surface area contributed by atoms with E-state index in [1.54, 1.807) is 0 Å². The van der Waals surface area contributed by atoms with Crippen LogP contribution >= 0.6 is 0 Å². The third kappa shape index (κ3) is 1.70. The van der Waals surface area contributed by atoms with E-state index in [4.69, 9.17) is 0 Å². The molecule has 78 valence electrons. The van der Waals surface area contributed by atoms with Crippen LogP contribution in [0.3, 0.4) is 0 Å². The van der Waals surface area contributed by atoms with Gasteiger partial charge in [0.25, 0.3) is 0 Å². The first kappa shape index (κ1) is 9.16. The van der Waals surface area contributed by atoms with E-state index in [1.807, 2.05) is 6.07 Å². The van der Waals surface area contributed by atoms with Crippen LogP contribution in [0.25, 0.3) is 5.52 Å². The Morgan fingerprint density at radius 3 is 2.69 bits per heavy atom. The Hall–Kier alpha value is -2.09. The molecule has 0 spiro atoms. The van der Waals surface area contributed by atoms with Crippen LogP contribution in [0.15, 0.2) is 67.3 Å². The molecule has 0 saturated carbocycles. The van der Waals surface area contributed by atoms with Crippen molar-refractivity contribution in [3.63, 3.8) is 0 Å². The maximum atomic E-state index is 2.20. The van der Waals surface area contributed by atoms with E-state index < -0.39 is 0 Å². The maximum Gasteiger partial charge on any atom is 0.193 e. The Kier molecular flexibility index (Phi) is 2.18. The fourth-order valence-corrected chi connectivity index (χ4v) is 1.91. The second kappa shape index (κ2) is 3.81. The first-order valence-corrected chi connectivity index (χ1v) is 5.41. The first-order valence-electron chi connectivity index (χ1n) is 5.41. The van der Waals surface area contributed by atoms with Crippen LogP contribution in [0.4, 0.5) is 0 Å². The summed E-state index contributed by atoms with van der Waals surface area (Å²) in [6.45, 7) is 0.919. The molecule has 2 nitrogen and oxygen atoms in total. The molecule has 2 aromatic heterocycles. The van der Waals surface area contributed by atoms with E-state index >= 15 is 0 Å². The van der Waals surface area contributed by atoms with Crippen molar-refractivity contribution in [1.29, 1.82) is 0 Å². The fraction of sp³-hybridized carbons (Fsp3) is 0.0714. The smallest absolute Gasteiger partial charge is 0.193 e. The van der Waals surface area contributed by atoms with Crippen molar-refractivity contribution in [2.24, 2.45) is 0 Å². The van der Waals surface area contributed by atoms with Gasteiger partial charge in [-0.15, -0.1) is 0 Å². The van der Waals surface area contributed by atoms with Crippen LogP contribution in [0.2, 0.25) is 0 Å². The topological polar surface area (TPSA) is 8.29 Å². The van der Waals surface area contributed by atoms with Crippen molar-refractivity contribution in [3.8, 4) is 0 Å². The van der Waals surface area contributed by atoms with Crippen molar-refractivity contribution < 1.29 is 4.57 Å². The van der Waals surface area contributed by atoms with E-state index in [0.717, 1.165) is 6.54 Å². The summed E-state index contributed by atoms with van der Waals surface area (Å²) >= 11 is 0. The van der Waals surface area contributed by atoms with Gasteiger partial charge >= 0.3 is 0 Å². The molecular formula is C14H13N2+. The molecule has 0 aliphatic carbocycles. The molecule has 16 heavy (non-hydrogen) atoms.